The van der Waals surface area contributed by atoms with Crippen LogP contribution in [0.1, 0.15) is 69.9 Å². The van der Waals surface area contributed by atoms with Gasteiger partial charge in [0.2, 0.25) is 5.91 Å². The van der Waals surface area contributed by atoms with Crippen LogP contribution in [0.2, 0.25) is 0 Å². The van der Waals surface area contributed by atoms with Gasteiger partial charge in [0.05, 0.1) is 6.54 Å². The highest BCUT2D eigenvalue weighted by Crippen LogP contribution is 2.54. The van der Waals surface area contributed by atoms with Crippen LogP contribution in [0.3, 0.4) is 0 Å². The number of hydrogen-bond acceptors (Lipinski definition) is 3. The van der Waals surface area contributed by atoms with E-state index in [1.54, 1.807) is 0 Å². The molecule has 7 rings (SSSR count). The number of nitrogens with zero attached hydrogens (tertiary/aromatic N) is 2. The van der Waals surface area contributed by atoms with Gasteiger partial charge in [0.1, 0.15) is 0 Å². The van der Waals surface area contributed by atoms with Crippen LogP contribution in [-0.4, -0.2) is 48.4 Å². The van der Waals surface area contributed by atoms with Crippen molar-refractivity contribution in [3.63, 3.8) is 0 Å². The number of benzene rings is 1. The van der Waals surface area contributed by atoms with Crippen molar-refractivity contribution in [2.45, 2.75) is 75.9 Å². The van der Waals surface area contributed by atoms with Crippen LogP contribution >= 0.6 is 0 Å². The Morgan fingerprint density at radius 1 is 0.968 bits per heavy atom. The molecule has 1 saturated heterocycles. The van der Waals surface area contributed by atoms with Crippen molar-refractivity contribution in [3.8, 4) is 0 Å². The van der Waals surface area contributed by atoms with Crippen LogP contribution in [0.15, 0.2) is 24.3 Å². The second-order valence-electron chi connectivity index (χ2n) is 12.0. The normalized spacial score (nSPS) is 37.8. The first-order valence-corrected chi connectivity index (χ1v) is 12.7. The highest BCUT2D eigenvalue weighted by molar-refractivity contribution is 5.78. The van der Waals surface area contributed by atoms with E-state index >= 15 is 0 Å². The number of carbonyl (C=O) groups is 1. The van der Waals surface area contributed by atoms with Gasteiger partial charge in [-0.2, -0.15) is 0 Å². The molecule has 4 saturated carbocycles. The topological polar surface area (TPSA) is 35.6 Å². The van der Waals surface area contributed by atoms with Crippen molar-refractivity contribution in [1.82, 2.24) is 15.1 Å². The van der Waals surface area contributed by atoms with Crippen LogP contribution in [-0.2, 0) is 15.9 Å². The molecule has 31 heavy (non-hydrogen) atoms. The molecule has 0 radical (unpaired) electrons. The molecule has 2 aliphatic heterocycles. The molecule has 1 amide bonds. The van der Waals surface area contributed by atoms with Crippen LogP contribution in [0.25, 0.3) is 0 Å². The van der Waals surface area contributed by atoms with Crippen LogP contribution in [0.5, 0.6) is 0 Å². The van der Waals surface area contributed by atoms with E-state index < -0.39 is 0 Å². The van der Waals surface area contributed by atoms with Gasteiger partial charge in [-0.05, 0) is 101 Å². The molecule has 1 N–H and O–H groups in total. The first kappa shape index (κ1) is 20.2. The number of rotatable bonds is 3. The standard InChI is InChI=1S/C27H39N3O/c1-26(2)22-6-4-5-7-23(22)27(29(26)3)8-10-30(11-9-27)17-24(31)28-25-20-13-18-12-19(15-20)16-21(25)14-18/h4-7,18-21,25H,8-17H2,1-3H3,(H,28,31). The summed E-state index contributed by atoms with van der Waals surface area (Å²) in [5.74, 6) is 3.72. The second-order valence-corrected chi connectivity index (χ2v) is 12.0. The Kier molecular flexibility index (Phi) is 4.60. The van der Waals surface area contributed by atoms with Gasteiger partial charge in [-0.15, -0.1) is 0 Å². The fourth-order valence-electron chi connectivity index (χ4n) is 8.60. The molecule has 0 atom stereocenters. The fraction of sp³-hybridized carbons (Fsp3) is 0.741. The van der Waals surface area contributed by atoms with E-state index in [-0.39, 0.29) is 17.0 Å². The summed E-state index contributed by atoms with van der Waals surface area (Å²) in [4.78, 5) is 18.0. The van der Waals surface area contributed by atoms with Crippen molar-refractivity contribution >= 4 is 5.91 Å². The van der Waals surface area contributed by atoms with Gasteiger partial charge in [0.25, 0.3) is 0 Å². The Morgan fingerprint density at radius 3 is 2.16 bits per heavy atom. The summed E-state index contributed by atoms with van der Waals surface area (Å²) in [5.41, 5.74) is 3.18. The van der Waals surface area contributed by atoms with Gasteiger partial charge in [-0.1, -0.05) is 24.3 Å². The Balaban J connectivity index is 1.09. The lowest BCUT2D eigenvalue weighted by molar-refractivity contribution is -0.127. The molecule has 1 spiro atoms. The molecule has 4 bridgehead atoms. The van der Waals surface area contributed by atoms with Crippen LogP contribution in [0, 0.1) is 23.7 Å². The zero-order chi connectivity index (χ0) is 21.4. The summed E-state index contributed by atoms with van der Waals surface area (Å²) in [6.07, 6.45) is 9.15. The molecule has 6 aliphatic rings. The van der Waals surface area contributed by atoms with Crippen molar-refractivity contribution < 1.29 is 4.79 Å². The molecule has 0 unspecified atom stereocenters. The van der Waals surface area contributed by atoms with Gasteiger partial charge < -0.3 is 5.32 Å². The maximum atomic E-state index is 13.0. The molecule has 1 aromatic rings. The Labute approximate surface area is 187 Å². The first-order valence-electron chi connectivity index (χ1n) is 12.7. The van der Waals surface area contributed by atoms with E-state index in [0.717, 1.165) is 49.6 Å². The predicted molar refractivity (Wildman–Crippen MR) is 124 cm³/mol. The zero-order valence-electron chi connectivity index (χ0n) is 19.6. The lowest BCUT2D eigenvalue weighted by atomic mass is 9.54. The third-order valence-corrected chi connectivity index (χ3v) is 10.2. The molecule has 4 aliphatic carbocycles. The highest BCUT2D eigenvalue weighted by Gasteiger charge is 2.53. The van der Waals surface area contributed by atoms with Crippen molar-refractivity contribution in [2.24, 2.45) is 23.7 Å². The molecule has 5 fully saturated rings. The molecular weight excluding hydrogens is 382 g/mol. The smallest absolute Gasteiger partial charge is 0.234 e. The number of fused-ring (bicyclic) bond motifs is 2. The zero-order valence-corrected chi connectivity index (χ0v) is 19.6. The van der Waals surface area contributed by atoms with Gasteiger partial charge in [-0.25, -0.2) is 0 Å². The van der Waals surface area contributed by atoms with Crippen molar-refractivity contribution in [2.75, 3.05) is 26.7 Å². The minimum atomic E-state index is 0.0651. The number of likely N-dealkylation sites (tertiary alicyclic amines) is 1. The SMILES string of the molecule is CN1C(C)(C)c2ccccc2C12CCN(CC(=O)NC1C3CC4CC(C3)CC1C4)CC2. The van der Waals surface area contributed by atoms with E-state index in [0.29, 0.717) is 12.6 Å². The molecule has 4 heteroatoms. The molecule has 1 aromatic carbocycles. The number of amides is 1. The average molecular weight is 422 g/mol. The van der Waals surface area contributed by atoms with Crippen molar-refractivity contribution in [1.29, 1.82) is 0 Å². The number of nitrogens with one attached hydrogen (secondary N) is 1. The third-order valence-electron chi connectivity index (χ3n) is 10.2. The third kappa shape index (κ3) is 3.04. The van der Waals surface area contributed by atoms with E-state index in [9.17, 15) is 4.79 Å². The minimum Gasteiger partial charge on any atom is -0.352 e. The van der Waals surface area contributed by atoms with Gasteiger partial charge in [-0.3, -0.25) is 14.6 Å². The second kappa shape index (κ2) is 7.05. The lowest BCUT2D eigenvalue weighted by Gasteiger charge is -2.54. The van der Waals surface area contributed by atoms with Gasteiger partial charge in [0.15, 0.2) is 0 Å². The van der Waals surface area contributed by atoms with Gasteiger partial charge in [0, 0.05) is 30.2 Å². The maximum absolute atomic E-state index is 13.0. The fourth-order valence-corrected chi connectivity index (χ4v) is 8.60. The van der Waals surface area contributed by atoms with Crippen LogP contribution in [0.4, 0.5) is 0 Å². The summed E-state index contributed by atoms with van der Waals surface area (Å²) in [5, 5.41) is 3.52. The predicted octanol–water partition coefficient (Wildman–Crippen LogP) is 4.10. The quantitative estimate of drug-likeness (QED) is 0.798. The monoisotopic (exact) mass is 421 g/mol. The summed E-state index contributed by atoms with van der Waals surface area (Å²) in [7, 11) is 2.30. The summed E-state index contributed by atoms with van der Waals surface area (Å²) in [6.45, 7) is 7.29. The minimum absolute atomic E-state index is 0.0651. The number of piperidine rings is 1. The molecule has 2 heterocycles. The first-order chi connectivity index (χ1) is 14.9. The lowest BCUT2D eigenvalue weighted by Crippen LogP contribution is -2.58. The van der Waals surface area contributed by atoms with E-state index in [2.05, 4.69) is 60.3 Å². The van der Waals surface area contributed by atoms with Gasteiger partial charge >= 0.3 is 0 Å². The Morgan fingerprint density at radius 2 is 1.55 bits per heavy atom. The largest absolute Gasteiger partial charge is 0.352 e. The van der Waals surface area contributed by atoms with E-state index in [1.807, 2.05) is 0 Å². The molecule has 4 nitrogen and oxygen atoms in total. The van der Waals surface area contributed by atoms with E-state index in [1.165, 1.54) is 43.2 Å². The summed E-state index contributed by atoms with van der Waals surface area (Å²) >= 11 is 0. The maximum Gasteiger partial charge on any atom is 0.234 e. The average Bonchev–Trinajstić information content (AvgIpc) is 2.91. The number of carbonyl (C=O) groups excluding carboxylic acids is 1. The summed E-state index contributed by atoms with van der Waals surface area (Å²) < 4.78 is 0. The molecule has 0 aromatic heterocycles. The Bertz CT molecular complexity index is 841. The Hall–Kier alpha value is -1.39. The summed E-state index contributed by atoms with van der Waals surface area (Å²) in [6, 6.07) is 9.49. The molecule has 168 valence electrons. The molecular formula is C27H39N3O. The van der Waals surface area contributed by atoms with E-state index in [4.69, 9.17) is 0 Å². The van der Waals surface area contributed by atoms with Crippen LogP contribution < -0.4 is 5.32 Å². The number of hydrogen-bond donors (Lipinski definition) is 1. The van der Waals surface area contributed by atoms with Crippen molar-refractivity contribution in [3.05, 3.63) is 35.4 Å². The highest BCUT2D eigenvalue weighted by atomic mass is 16.2.